The molecule has 0 amide bonds. The van der Waals surface area contributed by atoms with Crippen LogP contribution in [0.1, 0.15) is 16.7 Å². The minimum Gasteiger partial charge on any atom is -0.297 e. The fourth-order valence-corrected chi connectivity index (χ4v) is 3.92. The summed E-state index contributed by atoms with van der Waals surface area (Å²) in [5.41, 5.74) is 4.57. The van der Waals surface area contributed by atoms with Crippen LogP contribution in [0.15, 0.2) is 54.6 Å². The molecule has 0 aromatic heterocycles. The van der Waals surface area contributed by atoms with Crippen molar-refractivity contribution in [3.63, 3.8) is 0 Å². The van der Waals surface area contributed by atoms with Crippen molar-refractivity contribution in [1.82, 2.24) is 9.80 Å². The molecule has 0 atom stereocenters. The maximum Gasteiger partial charge on any atom is 0.0234 e. The molecule has 0 saturated carbocycles. The Hall–Kier alpha value is -1.64. The van der Waals surface area contributed by atoms with Gasteiger partial charge in [0.25, 0.3) is 0 Å². The summed E-state index contributed by atoms with van der Waals surface area (Å²) in [6.45, 7) is 5.92. The number of nitrogens with zero attached hydrogens (tertiary/aromatic N) is 2. The Morgan fingerprint density at radius 3 is 1.95 bits per heavy atom. The second-order valence-corrected chi connectivity index (χ2v) is 6.63. The van der Waals surface area contributed by atoms with Gasteiger partial charge in [0.2, 0.25) is 0 Å². The first kappa shape index (κ1) is 14.0. The summed E-state index contributed by atoms with van der Waals surface area (Å²) in [4.78, 5) is 5.30. The first-order chi connectivity index (χ1) is 10.9. The minimum atomic E-state index is 0.733. The van der Waals surface area contributed by atoms with Gasteiger partial charge in [-0.05, 0) is 29.5 Å². The average Bonchev–Trinajstić information content (AvgIpc) is 3.00. The second-order valence-electron chi connectivity index (χ2n) is 6.63. The van der Waals surface area contributed by atoms with Crippen LogP contribution in [0.25, 0.3) is 0 Å². The lowest BCUT2D eigenvalue weighted by atomic mass is 10.1. The van der Waals surface area contributed by atoms with Crippen molar-refractivity contribution < 1.29 is 0 Å². The summed E-state index contributed by atoms with van der Waals surface area (Å²) in [6.07, 6.45) is 2.49. The maximum atomic E-state index is 2.71. The highest BCUT2D eigenvalue weighted by Gasteiger charge is 2.28. The van der Waals surface area contributed by atoms with Crippen molar-refractivity contribution in [3.05, 3.63) is 71.3 Å². The Bertz CT molecular complexity index is 590. The van der Waals surface area contributed by atoms with Gasteiger partial charge in [-0.3, -0.25) is 9.80 Å². The molecule has 1 saturated heterocycles. The van der Waals surface area contributed by atoms with Crippen molar-refractivity contribution in [2.75, 3.05) is 26.2 Å². The van der Waals surface area contributed by atoms with Gasteiger partial charge in [0.15, 0.2) is 0 Å². The van der Waals surface area contributed by atoms with E-state index in [1.54, 1.807) is 11.1 Å². The average molecular weight is 292 g/mol. The molecule has 0 bridgehead atoms. The van der Waals surface area contributed by atoms with E-state index in [1.165, 1.54) is 44.6 Å². The second kappa shape index (κ2) is 6.23. The van der Waals surface area contributed by atoms with Crippen molar-refractivity contribution in [1.29, 1.82) is 0 Å². The van der Waals surface area contributed by atoms with Gasteiger partial charge in [-0.1, -0.05) is 54.6 Å². The van der Waals surface area contributed by atoms with Crippen LogP contribution in [0.3, 0.4) is 0 Å². The van der Waals surface area contributed by atoms with Crippen molar-refractivity contribution in [2.24, 2.45) is 0 Å². The van der Waals surface area contributed by atoms with Crippen LogP contribution >= 0.6 is 0 Å². The molecule has 1 aliphatic carbocycles. The molecule has 2 heteroatoms. The van der Waals surface area contributed by atoms with E-state index < -0.39 is 0 Å². The van der Waals surface area contributed by atoms with E-state index in [0.29, 0.717) is 0 Å². The predicted octanol–water partition coefficient (Wildman–Crippen LogP) is 2.97. The standard InChI is InChI=1S/C20H24N2/c1-2-6-17(7-3-1)16-21-10-12-22(13-11-21)20-14-18-8-4-5-9-19(18)15-20/h1-9,20H,10-16H2. The lowest BCUT2D eigenvalue weighted by molar-refractivity contribution is 0.0949. The van der Waals surface area contributed by atoms with E-state index in [9.17, 15) is 0 Å². The van der Waals surface area contributed by atoms with Gasteiger partial charge in [0, 0.05) is 38.8 Å². The summed E-state index contributed by atoms with van der Waals surface area (Å²) in [6, 6.07) is 20.6. The molecule has 1 heterocycles. The highest BCUT2D eigenvalue weighted by atomic mass is 15.3. The molecule has 0 spiro atoms. The first-order valence-corrected chi connectivity index (χ1v) is 8.45. The van der Waals surface area contributed by atoms with Gasteiger partial charge in [0.05, 0.1) is 0 Å². The molecule has 114 valence electrons. The predicted molar refractivity (Wildman–Crippen MR) is 90.9 cm³/mol. The van der Waals surface area contributed by atoms with Gasteiger partial charge in [-0.2, -0.15) is 0 Å². The fraction of sp³-hybridized carbons (Fsp3) is 0.400. The lowest BCUT2D eigenvalue weighted by Gasteiger charge is -2.38. The molecule has 2 aromatic rings. The quantitative estimate of drug-likeness (QED) is 0.858. The molecule has 1 fully saturated rings. The minimum absolute atomic E-state index is 0.733. The van der Waals surface area contributed by atoms with Gasteiger partial charge < -0.3 is 0 Å². The molecular weight excluding hydrogens is 268 g/mol. The zero-order valence-electron chi connectivity index (χ0n) is 13.1. The molecule has 22 heavy (non-hydrogen) atoms. The highest BCUT2D eigenvalue weighted by molar-refractivity contribution is 5.33. The van der Waals surface area contributed by atoms with Crippen LogP contribution in [-0.4, -0.2) is 42.0 Å². The number of rotatable bonds is 3. The van der Waals surface area contributed by atoms with Gasteiger partial charge in [-0.15, -0.1) is 0 Å². The summed E-state index contributed by atoms with van der Waals surface area (Å²) in [5.74, 6) is 0. The van der Waals surface area contributed by atoms with Crippen molar-refractivity contribution in [3.8, 4) is 0 Å². The monoisotopic (exact) mass is 292 g/mol. The number of benzene rings is 2. The molecule has 2 nitrogen and oxygen atoms in total. The molecule has 0 radical (unpaired) electrons. The largest absolute Gasteiger partial charge is 0.297 e. The molecule has 1 aliphatic heterocycles. The summed E-state index contributed by atoms with van der Waals surface area (Å²) >= 11 is 0. The third kappa shape index (κ3) is 2.94. The Morgan fingerprint density at radius 1 is 0.727 bits per heavy atom. The number of fused-ring (bicyclic) bond motifs is 1. The highest BCUT2D eigenvalue weighted by Crippen LogP contribution is 2.26. The fourth-order valence-electron chi connectivity index (χ4n) is 3.92. The molecular formula is C20H24N2. The van der Waals surface area contributed by atoms with Crippen LogP contribution in [0.2, 0.25) is 0 Å². The number of hydrogen-bond acceptors (Lipinski definition) is 2. The topological polar surface area (TPSA) is 6.48 Å². The van der Waals surface area contributed by atoms with Crippen LogP contribution in [0, 0.1) is 0 Å². The van der Waals surface area contributed by atoms with E-state index in [0.717, 1.165) is 12.6 Å². The normalized spacial score (nSPS) is 20.2. The van der Waals surface area contributed by atoms with Gasteiger partial charge >= 0.3 is 0 Å². The molecule has 2 aliphatic rings. The zero-order chi connectivity index (χ0) is 14.8. The first-order valence-electron chi connectivity index (χ1n) is 8.45. The van der Waals surface area contributed by atoms with Gasteiger partial charge in [-0.25, -0.2) is 0 Å². The Balaban J connectivity index is 1.32. The summed E-state index contributed by atoms with van der Waals surface area (Å²) < 4.78 is 0. The van der Waals surface area contributed by atoms with E-state index in [-0.39, 0.29) is 0 Å². The third-order valence-corrected chi connectivity index (χ3v) is 5.20. The van der Waals surface area contributed by atoms with Crippen LogP contribution in [0.5, 0.6) is 0 Å². The van der Waals surface area contributed by atoms with Crippen molar-refractivity contribution in [2.45, 2.75) is 25.4 Å². The maximum absolute atomic E-state index is 2.71. The summed E-state index contributed by atoms with van der Waals surface area (Å²) in [7, 11) is 0. The van der Waals surface area contributed by atoms with E-state index in [4.69, 9.17) is 0 Å². The number of hydrogen-bond donors (Lipinski definition) is 0. The van der Waals surface area contributed by atoms with Gasteiger partial charge in [0.1, 0.15) is 0 Å². The molecule has 2 aromatic carbocycles. The van der Waals surface area contributed by atoms with Crippen LogP contribution in [-0.2, 0) is 19.4 Å². The van der Waals surface area contributed by atoms with Crippen molar-refractivity contribution >= 4 is 0 Å². The molecule has 4 rings (SSSR count). The smallest absolute Gasteiger partial charge is 0.0234 e. The van der Waals surface area contributed by atoms with E-state index in [1.807, 2.05) is 0 Å². The van der Waals surface area contributed by atoms with Crippen LogP contribution in [0.4, 0.5) is 0 Å². The zero-order valence-corrected chi connectivity index (χ0v) is 13.1. The van der Waals surface area contributed by atoms with E-state index >= 15 is 0 Å². The summed E-state index contributed by atoms with van der Waals surface area (Å²) in [5, 5.41) is 0. The third-order valence-electron chi connectivity index (χ3n) is 5.20. The van der Waals surface area contributed by atoms with E-state index in [2.05, 4.69) is 64.4 Å². The lowest BCUT2D eigenvalue weighted by Crippen LogP contribution is -2.50. The molecule has 0 N–H and O–H groups in total. The molecule has 0 unspecified atom stereocenters. The Labute approximate surface area is 133 Å². The van der Waals surface area contributed by atoms with Crippen LogP contribution < -0.4 is 0 Å². The Kier molecular flexibility index (Phi) is 3.96. The Morgan fingerprint density at radius 2 is 1.32 bits per heavy atom. The number of piperazine rings is 1. The SMILES string of the molecule is c1ccc(CN2CCN(C3Cc4ccccc4C3)CC2)cc1.